The van der Waals surface area contributed by atoms with Crippen LogP contribution in [0.5, 0.6) is 0 Å². The van der Waals surface area contributed by atoms with Crippen LogP contribution in [0.4, 0.5) is 5.82 Å². The first-order valence-electron chi connectivity index (χ1n) is 6.99. The van der Waals surface area contributed by atoms with E-state index in [-0.39, 0.29) is 11.5 Å². The smallest absolute Gasteiger partial charge is 0.258 e. The molecule has 2 heterocycles. The number of aryl methyl sites for hydroxylation is 2. The van der Waals surface area contributed by atoms with Crippen LogP contribution in [0.2, 0.25) is 5.02 Å². The summed E-state index contributed by atoms with van der Waals surface area (Å²) in [5, 5.41) is 4.19. The minimum atomic E-state index is -0.327. The van der Waals surface area contributed by atoms with Gasteiger partial charge in [-0.1, -0.05) is 17.7 Å². The third kappa shape index (κ3) is 2.96. The first-order chi connectivity index (χ1) is 11.0. The van der Waals surface area contributed by atoms with E-state index in [1.807, 2.05) is 25.1 Å². The van der Waals surface area contributed by atoms with Crippen LogP contribution in [0.15, 0.2) is 47.4 Å². The third-order valence-electron chi connectivity index (χ3n) is 3.60. The zero-order valence-corrected chi connectivity index (χ0v) is 13.4. The number of fused-ring (bicyclic) bond motifs is 1. The Morgan fingerprint density at radius 3 is 2.70 bits per heavy atom. The van der Waals surface area contributed by atoms with Gasteiger partial charge in [-0.25, -0.2) is 4.98 Å². The number of carbonyl (C=O) groups is 1. The lowest BCUT2D eigenvalue weighted by Gasteiger charge is -2.08. The number of halogens is 1. The van der Waals surface area contributed by atoms with Gasteiger partial charge >= 0.3 is 0 Å². The van der Waals surface area contributed by atoms with E-state index in [4.69, 9.17) is 11.6 Å². The highest BCUT2D eigenvalue weighted by Crippen LogP contribution is 2.26. The summed E-state index contributed by atoms with van der Waals surface area (Å²) in [5.74, 6) is 0.105. The second-order valence-electron chi connectivity index (χ2n) is 5.28. The number of anilines is 1. The SMILES string of the molecule is Cc1ccc(Cl)c2ccc(NC(=O)c3ccc(=O)n(C)c3)nc12. The molecule has 2 aromatic heterocycles. The van der Waals surface area contributed by atoms with Crippen molar-refractivity contribution < 1.29 is 4.79 Å². The molecular weight excluding hydrogens is 314 g/mol. The van der Waals surface area contributed by atoms with E-state index in [2.05, 4.69) is 10.3 Å². The van der Waals surface area contributed by atoms with E-state index in [1.165, 1.54) is 22.9 Å². The van der Waals surface area contributed by atoms with Crippen LogP contribution >= 0.6 is 11.6 Å². The highest BCUT2D eigenvalue weighted by Gasteiger charge is 2.10. The van der Waals surface area contributed by atoms with E-state index in [0.29, 0.717) is 16.4 Å². The average Bonchev–Trinajstić information content (AvgIpc) is 2.53. The molecule has 6 heteroatoms. The molecule has 3 aromatic rings. The highest BCUT2D eigenvalue weighted by molar-refractivity contribution is 6.35. The summed E-state index contributed by atoms with van der Waals surface area (Å²) in [6.45, 7) is 1.93. The van der Waals surface area contributed by atoms with E-state index < -0.39 is 0 Å². The Hall–Kier alpha value is -2.66. The molecule has 1 N–H and O–H groups in total. The monoisotopic (exact) mass is 327 g/mol. The summed E-state index contributed by atoms with van der Waals surface area (Å²) < 4.78 is 1.35. The van der Waals surface area contributed by atoms with E-state index >= 15 is 0 Å². The summed E-state index contributed by atoms with van der Waals surface area (Å²) in [5.41, 5.74) is 1.94. The second kappa shape index (κ2) is 5.85. The highest BCUT2D eigenvalue weighted by atomic mass is 35.5. The minimum Gasteiger partial charge on any atom is -0.318 e. The van der Waals surface area contributed by atoms with Crippen molar-refractivity contribution in [3.05, 3.63) is 69.1 Å². The first-order valence-corrected chi connectivity index (χ1v) is 7.37. The summed E-state index contributed by atoms with van der Waals surface area (Å²) in [7, 11) is 1.60. The normalized spacial score (nSPS) is 10.7. The second-order valence-corrected chi connectivity index (χ2v) is 5.69. The molecule has 0 aliphatic heterocycles. The van der Waals surface area contributed by atoms with E-state index in [0.717, 1.165) is 16.5 Å². The lowest BCUT2D eigenvalue weighted by Crippen LogP contribution is -2.19. The predicted octanol–water partition coefficient (Wildman–Crippen LogP) is 3.15. The van der Waals surface area contributed by atoms with Crippen LogP contribution in [-0.4, -0.2) is 15.5 Å². The van der Waals surface area contributed by atoms with Gasteiger partial charge < -0.3 is 9.88 Å². The number of rotatable bonds is 2. The molecule has 0 spiro atoms. The van der Waals surface area contributed by atoms with Crippen molar-refractivity contribution in [2.24, 2.45) is 7.05 Å². The average molecular weight is 328 g/mol. The van der Waals surface area contributed by atoms with Crippen molar-refractivity contribution in [2.45, 2.75) is 6.92 Å². The van der Waals surface area contributed by atoms with Crippen LogP contribution in [0.25, 0.3) is 10.9 Å². The van der Waals surface area contributed by atoms with E-state index in [9.17, 15) is 9.59 Å². The molecular formula is C17H14ClN3O2. The molecule has 0 radical (unpaired) electrons. The number of amides is 1. The predicted molar refractivity (Wildman–Crippen MR) is 91.1 cm³/mol. The maximum Gasteiger partial charge on any atom is 0.258 e. The number of hydrogen-bond acceptors (Lipinski definition) is 3. The maximum atomic E-state index is 12.3. The van der Waals surface area contributed by atoms with Gasteiger partial charge in [0, 0.05) is 29.7 Å². The van der Waals surface area contributed by atoms with Crippen molar-refractivity contribution in [2.75, 3.05) is 5.32 Å². The number of pyridine rings is 2. The molecule has 3 rings (SSSR count). The third-order valence-corrected chi connectivity index (χ3v) is 3.92. The molecule has 116 valence electrons. The summed E-state index contributed by atoms with van der Waals surface area (Å²) in [6, 6.07) is 10.1. The fourth-order valence-electron chi connectivity index (χ4n) is 2.31. The maximum absolute atomic E-state index is 12.3. The Labute approximate surface area is 137 Å². The molecule has 0 atom stereocenters. The fraction of sp³-hybridized carbons (Fsp3) is 0.118. The number of nitrogens with zero attached hydrogens (tertiary/aromatic N) is 2. The van der Waals surface area contributed by atoms with Gasteiger partial charge in [0.25, 0.3) is 5.91 Å². The summed E-state index contributed by atoms with van der Waals surface area (Å²) in [4.78, 5) is 28.1. The van der Waals surface area contributed by atoms with Gasteiger partial charge in [0.2, 0.25) is 5.56 Å². The van der Waals surface area contributed by atoms with Crippen LogP contribution < -0.4 is 10.9 Å². The van der Waals surface area contributed by atoms with Gasteiger partial charge in [-0.15, -0.1) is 0 Å². The molecule has 23 heavy (non-hydrogen) atoms. The Kier molecular flexibility index (Phi) is 3.88. The molecule has 0 saturated heterocycles. The van der Waals surface area contributed by atoms with Crippen molar-refractivity contribution in [3.8, 4) is 0 Å². The molecule has 5 nitrogen and oxygen atoms in total. The fourth-order valence-corrected chi connectivity index (χ4v) is 2.52. The Balaban J connectivity index is 1.95. The Morgan fingerprint density at radius 2 is 1.96 bits per heavy atom. The number of carbonyl (C=O) groups excluding carboxylic acids is 1. The van der Waals surface area contributed by atoms with Crippen LogP contribution in [0.1, 0.15) is 15.9 Å². The quantitative estimate of drug-likeness (QED) is 0.786. The lowest BCUT2D eigenvalue weighted by atomic mass is 10.1. The molecule has 0 bridgehead atoms. The summed E-state index contributed by atoms with van der Waals surface area (Å²) >= 11 is 6.16. The largest absolute Gasteiger partial charge is 0.318 e. The molecule has 0 aliphatic carbocycles. The van der Waals surface area contributed by atoms with E-state index in [1.54, 1.807) is 13.1 Å². The van der Waals surface area contributed by atoms with Gasteiger partial charge in [0.05, 0.1) is 11.1 Å². The zero-order valence-electron chi connectivity index (χ0n) is 12.6. The minimum absolute atomic E-state index is 0.171. The number of hydrogen-bond donors (Lipinski definition) is 1. The number of benzene rings is 1. The van der Waals surface area contributed by atoms with Gasteiger partial charge in [0.1, 0.15) is 5.82 Å². The van der Waals surface area contributed by atoms with Crippen molar-refractivity contribution in [1.29, 1.82) is 0 Å². The molecule has 0 unspecified atom stereocenters. The van der Waals surface area contributed by atoms with Crippen LogP contribution in [0, 0.1) is 6.92 Å². The Bertz CT molecular complexity index is 979. The van der Waals surface area contributed by atoms with Gasteiger partial charge in [-0.05, 0) is 36.8 Å². The molecule has 0 saturated carbocycles. The first kappa shape index (κ1) is 15.2. The van der Waals surface area contributed by atoms with Crippen LogP contribution in [0.3, 0.4) is 0 Å². The number of aromatic nitrogens is 2. The number of nitrogens with one attached hydrogen (secondary N) is 1. The standard InChI is InChI=1S/C17H14ClN3O2/c1-10-3-6-13(18)12-5-7-14(19-16(10)12)20-17(23)11-4-8-15(22)21(2)9-11/h3-9H,1-2H3,(H,19,20,23). The van der Waals surface area contributed by atoms with Crippen molar-refractivity contribution >= 4 is 34.2 Å². The molecule has 1 amide bonds. The molecule has 1 aromatic carbocycles. The molecule has 0 fully saturated rings. The zero-order chi connectivity index (χ0) is 16.6. The summed E-state index contributed by atoms with van der Waals surface area (Å²) in [6.07, 6.45) is 1.49. The van der Waals surface area contributed by atoms with Crippen molar-refractivity contribution in [1.82, 2.24) is 9.55 Å². The van der Waals surface area contributed by atoms with Crippen LogP contribution in [-0.2, 0) is 7.05 Å². The van der Waals surface area contributed by atoms with Gasteiger partial charge in [-0.2, -0.15) is 0 Å². The van der Waals surface area contributed by atoms with Gasteiger partial charge in [-0.3, -0.25) is 9.59 Å². The molecule has 0 aliphatic rings. The Morgan fingerprint density at radius 1 is 1.17 bits per heavy atom. The lowest BCUT2D eigenvalue weighted by molar-refractivity contribution is 0.102. The van der Waals surface area contributed by atoms with Gasteiger partial charge in [0.15, 0.2) is 0 Å². The van der Waals surface area contributed by atoms with Crippen molar-refractivity contribution in [3.63, 3.8) is 0 Å². The topological polar surface area (TPSA) is 64.0 Å².